The molecule has 0 spiro atoms. The van der Waals surface area contributed by atoms with Crippen molar-refractivity contribution in [3.05, 3.63) is 30.1 Å². The van der Waals surface area contributed by atoms with Gasteiger partial charge in [0, 0.05) is 7.05 Å². The van der Waals surface area contributed by atoms with E-state index in [1.54, 1.807) is 7.05 Å². The monoisotopic (exact) mass is 189 g/mol. The van der Waals surface area contributed by atoms with Crippen LogP contribution in [-0.2, 0) is 0 Å². The first-order valence-electron chi connectivity index (χ1n) is 4.38. The molecule has 1 N–H and O–H groups in total. The van der Waals surface area contributed by atoms with Gasteiger partial charge in [-0.05, 0) is 24.6 Å². The molecule has 0 saturated carbocycles. The van der Waals surface area contributed by atoms with Gasteiger partial charge in [0.25, 0.3) is 0 Å². The minimum Gasteiger partial charge on any atom is -0.340 e. The molecule has 0 radical (unpaired) electrons. The van der Waals surface area contributed by atoms with E-state index in [0.717, 1.165) is 16.6 Å². The lowest BCUT2D eigenvalue weighted by Crippen LogP contribution is -2.23. The fourth-order valence-corrected chi connectivity index (χ4v) is 1.40. The molecule has 4 nitrogen and oxygen atoms in total. The fourth-order valence-electron chi connectivity index (χ4n) is 1.40. The number of nitrogens with one attached hydrogen (secondary N) is 1. The average molecular weight is 189 g/mol. The molecular formula is C10H11N3O. The van der Waals surface area contributed by atoms with E-state index >= 15 is 0 Å². The Labute approximate surface area is 81.6 Å². The van der Waals surface area contributed by atoms with Crippen LogP contribution in [0.2, 0.25) is 0 Å². The molecular weight excluding hydrogens is 178 g/mol. The number of nitrogens with zero attached hydrogens (tertiary/aromatic N) is 2. The van der Waals surface area contributed by atoms with E-state index in [-0.39, 0.29) is 6.03 Å². The first-order valence-corrected chi connectivity index (χ1v) is 4.38. The number of imidazole rings is 1. The molecule has 1 heterocycles. The van der Waals surface area contributed by atoms with Gasteiger partial charge in [0.2, 0.25) is 0 Å². The molecule has 2 rings (SSSR count). The Morgan fingerprint density at radius 1 is 1.50 bits per heavy atom. The van der Waals surface area contributed by atoms with Gasteiger partial charge < -0.3 is 5.32 Å². The molecule has 1 aromatic carbocycles. The molecule has 1 aromatic heterocycles. The Balaban J connectivity index is 2.67. The molecule has 0 atom stereocenters. The van der Waals surface area contributed by atoms with Crippen molar-refractivity contribution in [2.45, 2.75) is 6.92 Å². The van der Waals surface area contributed by atoms with Crippen molar-refractivity contribution in [1.29, 1.82) is 0 Å². The van der Waals surface area contributed by atoms with Crippen molar-refractivity contribution in [1.82, 2.24) is 14.9 Å². The molecule has 0 aliphatic rings. The van der Waals surface area contributed by atoms with Crippen LogP contribution >= 0.6 is 0 Å². The quantitative estimate of drug-likeness (QED) is 0.683. The van der Waals surface area contributed by atoms with E-state index in [1.165, 1.54) is 10.9 Å². The van der Waals surface area contributed by atoms with Crippen LogP contribution in [-0.4, -0.2) is 22.6 Å². The highest BCUT2D eigenvalue weighted by atomic mass is 16.2. The maximum absolute atomic E-state index is 11.4. The summed E-state index contributed by atoms with van der Waals surface area (Å²) in [6.45, 7) is 1.99. The van der Waals surface area contributed by atoms with Crippen LogP contribution in [0.1, 0.15) is 5.56 Å². The molecule has 4 heteroatoms. The normalized spacial score (nSPS) is 10.4. The summed E-state index contributed by atoms with van der Waals surface area (Å²) in [7, 11) is 1.60. The largest absolute Gasteiger partial charge is 0.340 e. The smallest absolute Gasteiger partial charge is 0.327 e. The zero-order valence-corrected chi connectivity index (χ0v) is 8.11. The van der Waals surface area contributed by atoms with E-state index < -0.39 is 0 Å². The summed E-state index contributed by atoms with van der Waals surface area (Å²) in [5.41, 5.74) is 2.78. The number of amides is 1. The Kier molecular flexibility index (Phi) is 1.96. The van der Waals surface area contributed by atoms with E-state index in [1.807, 2.05) is 25.1 Å². The number of hydrogen-bond donors (Lipinski definition) is 1. The summed E-state index contributed by atoms with van der Waals surface area (Å²) in [6, 6.07) is 5.66. The van der Waals surface area contributed by atoms with Crippen LogP contribution in [0.15, 0.2) is 24.5 Å². The number of hydrogen-bond acceptors (Lipinski definition) is 2. The Morgan fingerprint density at radius 3 is 3.00 bits per heavy atom. The molecule has 0 bridgehead atoms. The molecule has 0 aliphatic carbocycles. The number of fused-ring (bicyclic) bond motifs is 1. The van der Waals surface area contributed by atoms with Crippen LogP contribution in [0.3, 0.4) is 0 Å². The summed E-state index contributed by atoms with van der Waals surface area (Å²) in [4.78, 5) is 15.5. The third kappa shape index (κ3) is 1.25. The third-order valence-corrected chi connectivity index (χ3v) is 2.14. The van der Waals surface area contributed by atoms with E-state index in [2.05, 4.69) is 10.3 Å². The van der Waals surface area contributed by atoms with Gasteiger partial charge in [-0.15, -0.1) is 0 Å². The second-order valence-corrected chi connectivity index (χ2v) is 3.16. The van der Waals surface area contributed by atoms with Crippen LogP contribution in [0.25, 0.3) is 11.0 Å². The maximum Gasteiger partial charge on any atom is 0.327 e. The summed E-state index contributed by atoms with van der Waals surface area (Å²) in [6.07, 6.45) is 1.53. The van der Waals surface area contributed by atoms with Crippen molar-refractivity contribution in [3.63, 3.8) is 0 Å². The predicted molar refractivity (Wildman–Crippen MR) is 54.3 cm³/mol. The number of aryl methyl sites for hydroxylation is 1. The van der Waals surface area contributed by atoms with Gasteiger partial charge in [-0.1, -0.05) is 6.07 Å². The van der Waals surface area contributed by atoms with Crippen molar-refractivity contribution >= 4 is 17.1 Å². The minimum atomic E-state index is -0.168. The van der Waals surface area contributed by atoms with Gasteiger partial charge in [0.1, 0.15) is 6.33 Å². The molecule has 0 unspecified atom stereocenters. The topological polar surface area (TPSA) is 46.9 Å². The lowest BCUT2D eigenvalue weighted by Gasteiger charge is -2.01. The minimum absolute atomic E-state index is 0.168. The summed E-state index contributed by atoms with van der Waals surface area (Å²) < 4.78 is 1.50. The maximum atomic E-state index is 11.4. The summed E-state index contributed by atoms with van der Waals surface area (Å²) in [5, 5.41) is 2.56. The van der Waals surface area contributed by atoms with Crippen LogP contribution < -0.4 is 5.32 Å². The summed E-state index contributed by atoms with van der Waals surface area (Å²) >= 11 is 0. The Bertz CT molecular complexity index is 487. The highest BCUT2D eigenvalue weighted by Gasteiger charge is 2.07. The molecule has 14 heavy (non-hydrogen) atoms. The standard InChI is InChI=1S/C10H11N3O/c1-7-3-4-8-9(5-7)13(6-12-8)10(14)11-2/h3-6H,1-2H3,(H,11,14). The van der Waals surface area contributed by atoms with Crippen molar-refractivity contribution < 1.29 is 4.79 Å². The van der Waals surface area contributed by atoms with Gasteiger partial charge >= 0.3 is 6.03 Å². The zero-order valence-electron chi connectivity index (χ0n) is 8.11. The second-order valence-electron chi connectivity index (χ2n) is 3.16. The lowest BCUT2D eigenvalue weighted by atomic mass is 10.2. The molecule has 72 valence electrons. The number of carbonyl (C=O) groups is 1. The van der Waals surface area contributed by atoms with E-state index in [0.29, 0.717) is 0 Å². The zero-order chi connectivity index (χ0) is 10.1. The van der Waals surface area contributed by atoms with Crippen molar-refractivity contribution in [2.24, 2.45) is 0 Å². The number of aromatic nitrogens is 2. The van der Waals surface area contributed by atoms with Crippen LogP contribution in [0.5, 0.6) is 0 Å². The SMILES string of the molecule is CNC(=O)n1cnc2ccc(C)cc21. The van der Waals surface area contributed by atoms with Gasteiger partial charge in [-0.25, -0.2) is 9.78 Å². The number of benzene rings is 1. The van der Waals surface area contributed by atoms with E-state index in [9.17, 15) is 4.79 Å². The first-order chi connectivity index (χ1) is 6.72. The number of rotatable bonds is 0. The highest BCUT2D eigenvalue weighted by Crippen LogP contribution is 2.13. The van der Waals surface area contributed by atoms with Crippen molar-refractivity contribution in [2.75, 3.05) is 7.05 Å². The molecule has 1 amide bonds. The molecule has 2 aromatic rings. The van der Waals surface area contributed by atoms with Crippen LogP contribution in [0, 0.1) is 6.92 Å². The second kappa shape index (κ2) is 3.14. The lowest BCUT2D eigenvalue weighted by molar-refractivity contribution is 0.245. The highest BCUT2D eigenvalue weighted by molar-refractivity contribution is 5.89. The van der Waals surface area contributed by atoms with Gasteiger partial charge in [-0.3, -0.25) is 4.57 Å². The Hall–Kier alpha value is -1.84. The van der Waals surface area contributed by atoms with Gasteiger partial charge in [-0.2, -0.15) is 0 Å². The van der Waals surface area contributed by atoms with Gasteiger partial charge in [0.15, 0.2) is 0 Å². The van der Waals surface area contributed by atoms with E-state index in [4.69, 9.17) is 0 Å². The Morgan fingerprint density at radius 2 is 2.29 bits per heavy atom. The number of carbonyl (C=O) groups excluding carboxylic acids is 1. The predicted octanol–water partition coefficient (Wildman–Crippen LogP) is 1.53. The fraction of sp³-hybridized carbons (Fsp3) is 0.200. The van der Waals surface area contributed by atoms with Gasteiger partial charge in [0.05, 0.1) is 11.0 Å². The third-order valence-electron chi connectivity index (χ3n) is 2.14. The molecule has 0 fully saturated rings. The van der Waals surface area contributed by atoms with Crippen molar-refractivity contribution in [3.8, 4) is 0 Å². The first kappa shape index (κ1) is 8.74. The molecule has 0 saturated heterocycles. The summed E-state index contributed by atoms with van der Waals surface area (Å²) in [5.74, 6) is 0. The molecule has 0 aliphatic heterocycles. The average Bonchev–Trinajstić information content (AvgIpc) is 2.59. The van der Waals surface area contributed by atoms with Crippen LogP contribution in [0.4, 0.5) is 4.79 Å².